The number of hydrogen-bond donors (Lipinski definition) is 2. The van der Waals surface area contributed by atoms with Crippen molar-refractivity contribution in [2.75, 3.05) is 13.2 Å². The van der Waals surface area contributed by atoms with E-state index in [-0.39, 0.29) is 11.8 Å². The molecule has 3 rings (SSSR count). The lowest BCUT2D eigenvalue weighted by molar-refractivity contribution is -0.128. The van der Waals surface area contributed by atoms with E-state index in [0.29, 0.717) is 31.7 Å². The lowest BCUT2D eigenvalue weighted by Gasteiger charge is -2.36. The Morgan fingerprint density at radius 3 is 2.50 bits per heavy atom. The number of ether oxygens (including phenoxy) is 1. The minimum absolute atomic E-state index is 0.0926. The first kappa shape index (κ1) is 20.3. The largest absolute Gasteiger partial charge is 0.494 e. The molecule has 0 radical (unpaired) electrons. The summed E-state index contributed by atoms with van der Waals surface area (Å²) in [7, 11) is 0. The predicted octanol–water partition coefficient (Wildman–Crippen LogP) is 3.78. The molecule has 1 saturated carbocycles. The van der Waals surface area contributed by atoms with Crippen LogP contribution in [-0.2, 0) is 4.79 Å². The molecule has 0 unspecified atom stereocenters. The Hall–Kier alpha value is -2.41. The number of likely N-dealkylation sites (N-methyl/N-ethyl adjacent to an activating group) is 1. The molecule has 1 fully saturated rings. The van der Waals surface area contributed by atoms with Crippen LogP contribution in [0.3, 0.4) is 0 Å². The second kappa shape index (κ2) is 9.19. The van der Waals surface area contributed by atoms with Gasteiger partial charge in [0, 0.05) is 17.5 Å². The number of aromatic nitrogens is 1. The van der Waals surface area contributed by atoms with Crippen molar-refractivity contribution in [1.82, 2.24) is 15.6 Å². The average molecular weight is 402 g/mol. The molecule has 2 N–H and O–H groups in total. The van der Waals surface area contributed by atoms with Crippen molar-refractivity contribution in [3.8, 4) is 16.3 Å². The molecule has 1 heterocycles. The van der Waals surface area contributed by atoms with Crippen molar-refractivity contribution in [2.45, 2.75) is 51.5 Å². The molecule has 1 aliphatic rings. The van der Waals surface area contributed by atoms with Gasteiger partial charge in [-0.3, -0.25) is 9.59 Å². The van der Waals surface area contributed by atoms with Crippen LogP contribution >= 0.6 is 11.3 Å². The Labute approximate surface area is 169 Å². The van der Waals surface area contributed by atoms with Crippen molar-refractivity contribution >= 4 is 23.2 Å². The number of thiazole rings is 1. The second-order valence-corrected chi connectivity index (χ2v) is 7.81. The van der Waals surface area contributed by atoms with Crippen molar-refractivity contribution in [1.29, 1.82) is 0 Å². The van der Waals surface area contributed by atoms with Gasteiger partial charge in [-0.15, -0.1) is 11.3 Å². The quantitative estimate of drug-likeness (QED) is 0.740. The fourth-order valence-corrected chi connectivity index (χ4v) is 4.35. The summed E-state index contributed by atoms with van der Waals surface area (Å²) in [4.78, 5) is 30.0. The van der Waals surface area contributed by atoms with Gasteiger partial charge in [-0.1, -0.05) is 19.3 Å². The number of carbonyl (C=O) groups is 2. The molecule has 6 nitrogen and oxygen atoms in total. The van der Waals surface area contributed by atoms with E-state index in [1.165, 1.54) is 11.3 Å². The summed E-state index contributed by atoms with van der Waals surface area (Å²) in [6.07, 6.45) is 4.30. The van der Waals surface area contributed by atoms with Crippen molar-refractivity contribution in [2.24, 2.45) is 0 Å². The van der Waals surface area contributed by atoms with Crippen LogP contribution in [0.5, 0.6) is 5.75 Å². The van der Waals surface area contributed by atoms with Gasteiger partial charge in [-0.05, 0) is 51.0 Å². The van der Waals surface area contributed by atoms with Gasteiger partial charge < -0.3 is 15.4 Å². The zero-order valence-electron chi connectivity index (χ0n) is 16.4. The molecular weight excluding hydrogens is 374 g/mol. The molecule has 1 aromatic carbocycles. The van der Waals surface area contributed by atoms with E-state index in [4.69, 9.17) is 4.74 Å². The average Bonchev–Trinajstić information content (AvgIpc) is 3.20. The van der Waals surface area contributed by atoms with Gasteiger partial charge in [-0.2, -0.15) is 0 Å². The minimum atomic E-state index is -0.825. The van der Waals surface area contributed by atoms with Crippen LogP contribution in [-0.4, -0.2) is 35.5 Å². The molecule has 150 valence electrons. The Kier molecular flexibility index (Phi) is 6.67. The van der Waals surface area contributed by atoms with E-state index in [1.54, 1.807) is 5.38 Å². The molecule has 28 heavy (non-hydrogen) atoms. The van der Waals surface area contributed by atoms with E-state index in [2.05, 4.69) is 15.6 Å². The molecule has 0 atom stereocenters. The summed E-state index contributed by atoms with van der Waals surface area (Å²) in [5, 5.41) is 8.39. The normalized spacial score (nSPS) is 15.6. The number of amides is 2. The van der Waals surface area contributed by atoms with Crippen LogP contribution in [0.25, 0.3) is 10.6 Å². The molecule has 0 spiro atoms. The van der Waals surface area contributed by atoms with Gasteiger partial charge >= 0.3 is 0 Å². The number of benzene rings is 1. The highest BCUT2D eigenvalue weighted by atomic mass is 32.1. The van der Waals surface area contributed by atoms with Crippen LogP contribution in [0.15, 0.2) is 29.6 Å². The fraction of sp³-hybridized carbons (Fsp3) is 0.476. The highest BCUT2D eigenvalue weighted by molar-refractivity contribution is 7.13. The first-order valence-electron chi connectivity index (χ1n) is 9.87. The van der Waals surface area contributed by atoms with Gasteiger partial charge in [0.25, 0.3) is 5.91 Å². The second-order valence-electron chi connectivity index (χ2n) is 6.95. The van der Waals surface area contributed by atoms with Crippen molar-refractivity contribution in [3.63, 3.8) is 0 Å². The van der Waals surface area contributed by atoms with E-state index >= 15 is 0 Å². The van der Waals surface area contributed by atoms with Crippen LogP contribution in [0.2, 0.25) is 0 Å². The van der Waals surface area contributed by atoms with E-state index in [9.17, 15) is 9.59 Å². The molecule has 7 heteroatoms. The molecule has 0 bridgehead atoms. The third-order valence-corrected chi connectivity index (χ3v) is 5.87. The first-order chi connectivity index (χ1) is 13.6. The third kappa shape index (κ3) is 4.52. The Bertz CT molecular complexity index is 811. The molecule has 2 aromatic rings. The van der Waals surface area contributed by atoms with Gasteiger partial charge in [0.1, 0.15) is 22.0 Å². The number of nitrogens with one attached hydrogen (secondary N) is 2. The van der Waals surface area contributed by atoms with Crippen LogP contribution in [0.1, 0.15) is 56.4 Å². The highest BCUT2D eigenvalue weighted by Crippen LogP contribution is 2.30. The molecule has 0 aliphatic heterocycles. The summed E-state index contributed by atoms with van der Waals surface area (Å²) in [6, 6.07) is 7.66. The smallest absolute Gasteiger partial charge is 0.271 e. The summed E-state index contributed by atoms with van der Waals surface area (Å²) >= 11 is 1.42. The summed E-state index contributed by atoms with van der Waals surface area (Å²) in [5.74, 6) is 0.425. The lowest BCUT2D eigenvalue weighted by Crippen LogP contribution is -2.59. The zero-order chi connectivity index (χ0) is 20.0. The maximum atomic E-state index is 12.8. The van der Waals surface area contributed by atoms with Gasteiger partial charge in [0.2, 0.25) is 5.91 Å². The molecule has 0 saturated heterocycles. The monoisotopic (exact) mass is 401 g/mol. The molecule has 1 aromatic heterocycles. The SMILES string of the molecule is CCNC(=O)C1(NC(=O)c2csc(-c3ccc(OCC)cc3)n2)CCCCC1. The summed E-state index contributed by atoms with van der Waals surface area (Å²) < 4.78 is 5.46. The van der Waals surface area contributed by atoms with Crippen LogP contribution in [0.4, 0.5) is 0 Å². The first-order valence-corrected chi connectivity index (χ1v) is 10.8. The highest BCUT2D eigenvalue weighted by Gasteiger charge is 2.41. The number of hydrogen-bond acceptors (Lipinski definition) is 5. The maximum Gasteiger partial charge on any atom is 0.271 e. The topological polar surface area (TPSA) is 80.3 Å². The van der Waals surface area contributed by atoms with Crippen LogP contribution < -0.4 is 15.4 Å². The molecular formula is C21H27N3O3S. The zero-order valence-corrected chi connectivity index (χ0v) is 17.2. The minimum Gasteiger partial charge on any atom is -0.494 e. The van der Waals surface area contributed by atoms with Gasteiger partial charge in [-0.25, -0.2) is 4.98 Å². The molecule has 1 aliphatic carbocycles. The van der Waals surface area contributed by atoms with E-state index in [1.807, 2.05) is 38.1 Å². The predicted molar refractivity (Wildman–Crippen MR) is 111 cm³/mol. The van der Waals surface area contributed by atoms with Crippen molar-refractivity contribution < 1.29 is 14.3 Å². The number of carbonyl (C=O) groups excluding carboxylic acids is 2. The Morgan fingerprint density at radius 1 is 1.14 bits per heavy atom. The number of nitrogens with zero attached hydrogens (tertiary/aromatic N) is 1. The Balaban J connectivity index is 1.74. The van der Waals surface area contributed by atoms with Gasteiger partial charge in [0.15, 0.2) is 0 Å². The molecule has 2 amide bonds. The summed E-state index contributed by atoms with van der Waals surface area (Å²) in [5.41, 5.74) is 0.459. The summed E-state index contributed by atoms with van der Waals surface area (Å²) in [6.45, 7) is 5.00. The number of rotatable bonds is 7. The van der Waals surface area contributed by atoms with Gasteiger partial charge in [0.05, 0.1) is 6.61 Å². The van der Waals surface area contributed by atoms with E-state index < -0.39 is 5.54 Å². The Morgan fingerprint density at radius 2 is 1.86 bits per heavy atom. The maximum absolute atomic E-state index is 12.8. The lowest BCUT2D eigenvalue weighted by atomic mass is 9.80. The van der Waals surface area contributed by atoms with Crippen LogP contribution in [0, 0.1) is 0 Å². The standard InChI is InChI=1S/C21H27N3O3S/c1-3-22-20(26)21(12-6-5-7-13-21)24-18(25)17-14-28-19(23-17)15-8-10-16(11-9-15)27-4-2/h8-11,14H,3-7,12-13H2,1-2H3,(H,22,26)(H,24,25). The van der Waals surface area contributed by atoms with E-state index in [0.717, 1.165) is 35.6 Å². The third-order valence-electron chi connectivity index (χ3n) is 4.98. The van der Waals surface area contributed by atoms with Crippen molar-refractivity contribution in [3.05, 3.63) is 35.3 Å². The fourth-order valence-electron chi connectivity index (χ4n) is 3.55.